The van der Waals surface area contributed by atoms with Gasteiger partial charge in [0, 0.05) is 12.6 Å². The molecule has 8 heteroatoms. The fourth-order valence-corrected chi connectivity index (χ4v) is 3.48. The van der Waals surface area contributed by atoms with E-state index in [1.165, 1.54) is 0 Å². The van der Waals surface area contributed by atoms with Crippen molar-refractivity contribution in [2.45, 2.75) is 39.8 Å². The number of hydrogen-bond acceptors (Lipinski definition) is 6. The molecule has 3 aromatic heterocycles. The number of nitrogens with zero attached hydrogens (tertiary/aromatic N) is 7. The Morgan fingerprint density at radius 1 is 1.00 bits per heavy atom. The predicted octanol–water partition coefficient (Wildman–Crippen LogP) is 1.21. The van der Waals surface area contributed by atoms with Crippen LogP contribution in [0.3, 0.4) is 0 Å². The van der Waals surface area contributed by atoms with Gasteiger partial charge in [-0.2, -0.15) is 14.7 Å². The molecule has 136 valence electrons. The standard InChI is InChI=1S/C18H23N7O/c1-13-4-6-18(26)24(21-13)11-15-7-9-23(10-8-15)12-17-20-19-16-5-3-14(2)22-25(16)17/h3-6,15H,7-12H2,1-2H3. The average molecular weight is 353 g/mol. The van der Waals surface area contributed by atoms with Crippen molar-refractivity contribution in [3.05, 3.63) is 51.8 Å². The third-order valence-electron chi connectivity index (χ3n) is 4.96. The van der Waals surface area contributed by atoms with Crippen LogP contribution in [0.15, 0.2) is 29.1 Å². The molecule has 0 aliphatic carbocycles. The van der Waals surface area contributed by atoms with Crippen LogP contribution >= 0.6 is 0 Å². The SMILES string of the molecule is Cc1ccc(=O)n(CC2CCN(Cc3nnc4ccc(C)nn34)CC2)n1. The summed E-state index contributed by atoms with van der Waals surface area (Å²) in [5.41, 5.74) is 2.59. The number of likely N-dealkylation sites (tertiary alicyclic amines) is 1. The van der Waals surface area contributed by atoms with Gasteiger partial charge in [0.25, 0.3) is 5.56 Å². The van der Waals surface area contributed by atoms with Gasteiger partial charge in [-0.1, -0.05) is 0 Å². The summed E-state index contributed by atoms with van der Waals surface area (Å²) in [6, 6.07) is 7.25. The molecule has 4 rings (SSSR count). The topological polar surface area (TPSA) is 81.2 Å². The van der Waals surface area contributed by atoms with E-state index in [0.29, 0.717) is 12.5 Å². The molecule has 0 unspecified atom stereocenters. The van der Waals surface area contributed by atoms with Crippen LogP contribution < -0.4 is 5.56 Å². The molecule has 0 amide bonds. The van der Waals surface area contributed by atoms with Crippen LogP contribution in [0.2, 0.25) is 0 Å². The highest BCUT2D eigenvalue weighted by atomic mass is 16.1. The van der Waals surface area contributed by atoms with E-state index in [1.54, 1.807) is 16.8 Å². The van der Waals surface area contributed by atoms with Gasteiger partial charge in [0.2, 0.25) is 0 Å². The van der Waals surface area contributed by atoms with Crippen LogP contribution in [-0.4, -0.2) is 47.6 Å². The summed E-state index contributed by atoms with van der Waals surface area (Å²) in [6.45, 7) is 7.28. The van der Waals surface area contributed by atoms with Gasteiger partial charge in [-0.05, 0) is 63.9 Å². The van der Waals surface area contributed by atoms with Crippen molar-refractivity contribution in [2.24, 2.45) is 5.92 Å². The Morgan fingerprint density at radius 2 is 1.73 bits per heavy atom. The van der Waals surface area contributed by atoms with E-state index in [4.69, 9.17) is 0 Å². The fourth-order valence-electron chi connectivity index (χ4n) is 3.48. The molecule has 26 heavy (non-hydrogen) atoms. The molecule has 0 saturated carbocycles. The van der Waals surface area contributed by atoms with E-state index in [-0.39, 0.29) is 5.56 Å². The molecule has 1 aliphatic rings. The Hall–Kier alpha value is -2.61. The summed E-state index contributed by atoms with van der Waals surface area (Å²) < 4.78 is 3.44. The van der Waals surface area contributed by atoms with Gasteiger partial charge in [-0.25, -0.2) is 4.68 Å². The normalized spacial score (nSPS) is 16.4. The van der Waals surface area contributed by atoms with Crippen LogP contribution in [0.5, 0.6) is 0 Å². The Bertz CT molecular complexity index is 969. The first-order valence-electron chi connectivity index (χ1n) is 9.03. The first-order chi connectivity index (χ1) is 12.6. The second kappa shape index (κ2) is 6.95. The van der Waals surface area contributed by atoms with Crippen molar-refractivity contribution in [1.29, 1.82) is 0 Å². The van der Waals surface area contributed by atoms with Gasteiger partial charge in [-0.15, -0.1) is 10.2 Å². The van der Waals surface area contributed by atoms with Gasteiger partial charge in [0.15, 0.2) is 11.5 Å². The number of fused-ring (bicyclic) bond motifs is 1. The summed E-state index contributed by atoms with van der Waals surface area (Å²) in [5.74, 6) is 1.35. The number of rotatable bonds is 4. The van der Waals surface area contributed by atoms with E-state index >= 15 is 0 Å². The molecule has 0 bridgehead atoms. The molecule has 1 aliphatic heterocycles. The zero-order chi connectivity index (χ0) is 18.1. The van der Waals surface area contributed by atoms with E-state index in [1.807, 2.05) is 30.5 Å². The minimum atomic E-state index is -0.0191. The largest absolute Gasteiger partial charge is 0.296 e. The molecule has 8 nitrogen and oxygen atoms in total. The molecule has 0 atom stereocenters. The van der Waals surface area contributed by atoms with Gasteiger partial charge in [0.1, 0.15) is 0 Å². The van der Waals surface area contributed by atoms with Crippen LogP contribution in [0.4, 0.5) is 0 Å². The van der Waals surface area contributed by atoms with E-state index in [9.17, 15) is 4.79 Å². The third-order valence-corrected chi connectivity index (χ3v) is 4.96. The smallest absolute Gasteiger partial charge is 0.266 e. The maximum atomic E-state index is 11.9. The van der Waals surface area contributed by atoms with Crippen molar-refractivity contribution in [1.82, 2.24) is 34.5 Å². The molecule has 4 heterocycles. The Labute approximate surface area is 151 Å². The van der Waals surface area contributed by atoms with Crippen molar-refractivity contribution in [3.63, 3.8) is 0 Å². The number of piperidine rings is 1. The van der Waals surface area contributed by atoms with Crippen LogP contribution in [0, 0.1) is 19.8 Å². The zero-order valence-electron chi connectivity index (χ0n) is 15.2. The predicted molar refractivity (Wildman–Crippen MR) is 96.8 cm³/mol. The molecule has 0 aromatic carbocycles. The van der Waals surface area contributed by atoms with Gasteiger partial charge in [-0.3, -0.25) is 9.69 Å². The highest BCUT2D eigenvalue weighted by Gasteiger charge is 2.22. The van der Waals surface area contributed by atoms with Crippen LogP contribution in [0.25, 0.3) is 5.65 Å². The second-order valence-corrected chi connectivity index (χ2v) is 7.08. The van der Waals surface area contributed by atoms with Crippen LogP contribution in [-0.2, 0) is 13.1 Å². The lowest BCUT2D eigenvalue weighted by Crippen LogP contribution is -2.37. The molecule has 1 saturated heterocycles. The zero-order valence-corrected chi connectivity index (χ0v) is 15.2. The molecular weight excluding hydrogens is 330 g/mol. The first kappa shape index (κ1) is 16.8. The van der Waals surface area contributed by atoms with Crippen molar-refractivity contribution >= 4 is 5.65 Å². The average Bonchev–Trinajstić information content (AvgIpc) is 3.02. The number of aryl methyl sites for hydroxylation is 2. The van der Waals surface area contributed by atoms with E-state index < -0.39 is 0 Å². The second-order valence-electron chi connectivity index (χ2n) is 7.08. The lowest BCUT2D eigenvalue weighted by molar-refractivity contribution is 0.159. The Kier molecular flexibility index (Phi) is 4.50. The molecule has 1 fully saturated rings. The highest BCUT2D eigenvalue weighted by molar-refractivity contribution is 5.35. The highest BCUT2D eigenvalue weighted by Crippen LogP contribution is 2.20. The maximum absolute atomic E-state index is 11.9. The molecule has 0 spiro atoms. The quantitative estimate of drug-likeness (QED) is 0.701. The minimum absolute atomic E-state index is 0.0191. The first-order valence-corrected chi connectivity index (χ1v) is 9.03. The summed E-state index contributed by atoms with van der Waals surface area (Å²) in [7, 11) is 0. The maximum Gasteiger partial charge on any atom is 0.266 e. The van der Waals surface area contributed by atoms with Gasteiger partial charge < -0.3 is 0 Å². The lowest BCUT2D eigenvalue weighted by Gasteiger charge is -2.31. The monoisotopic (exact) mass is 353 g/mol. The Morgan fingerprint density at radius 3 is 2.54 bits per heavy atom. The lowest BCUT2D eigenvalue weighted by atomic mass is 9.97. The molecule has 0 radical (unpaired) electrons. The van der Waals surface area contributed by atoms with Crippen molar-refractivity contribution in [3.8, 4) is 0 Å². The summed E-state index contributed by atoms with van der Waals surface area (Å²) in [5, 5.41) is 17.3. The summed E-state index contributed by atoms with van der Waals surface area (Å²) in [6.07, 6.45) is 2.09. The third kappa shape index (κ3) is 3.50. The molecule has 3 aromatic rings. The van der Waals surface area contributed by atoms with Gasteiger partial charge in [0.05, 0.1) is 17.9 Å². The fraction of sp³-hybridized carbons (Fsp3) is 0.500. The van der Waals surface area contributed by atoms with E-state index in [2.05, 4.69) is 25.3 Å². The summed E-state index contributed by atoms with van der Waals surface area (Å²) in [4.78, 5) is 14.3. The van der Waals surface area contributed by atoms with Crippen molar-refractivity contribution in [2.75, 3.05) is 13.1 Å². The minimum Gasteiger partial charge on any atom is -0.296 e. The summed E-state index contributed by atoms with van der Waals surface area (Å²) >= 11 is 0. The number of hydrogen-bond donors (Lipinski definition) is 0. The van der Waals surface area contributed by atoms with Gasteiger partial charge >= 0.3 is 0 Å². The number of aromatic nitrogens is 6. The molecular formula is C18H23N7O. The molecule has 0 N–H and O–H groups in total. The van der Waals surface area contributed by atoms with Crippen LogP contribution in [0.1, 0.15) is 30.1 Å². The van der Waals surface area contributed by atoms with Crippen molar-refractivity contribution < 1.29 is 0 Å². The van der Waals surface area contributed by atoms with E-state index in [0.717, 1.165) is 55.3 Å². The Balaban J connectivity index is 1.38.